The molecule has 1 fully saturated rings. The molecule has 0 spiro atoms. The van der Waals surface area contributed by atoms with E-state index in [2.05, 4.69) is 10.5 Å². The van der Waals surface area contributed by atoms with E-state index >= 15 is 0 Å². The first-order valence-corrected chi connectivity index (χ1v) is 9.38. The van der Waals surface area contributed by atoms with Gasteiger partial charge in [0.15, 0.2) is 0 Å². The Balaban J connectivity index is 1.48. The summed E-state index contributed by atoms with van der Waals surface area (Å²) >= 11 is 0. The highest BCUT2D eigenvalue weighted by atomic mass is 16.5. The summed E-state index contributed by atoms with van der Waals surface area (Å²) in [5, 5.41) is 6.98. The first-order chi connectivity index (χ1) is 13.7. The number of aromatic nitrogens is 1. The van der Waals surface area contributed by atoms with Crippen molar-refractivity contribution in [3.8, 4) is 17.0 Å². The summed E-state index contributed by atoms with van der Waals surface area (Å²) in [6.07, 6.45) is 2.24. The molecule has 28 heavy (non-hydrogen) atoms. The molecule has 1 atom stereocenters. The van der Waals surface area contributed by atoms with Gasteiger partial charge >= 0.3 is 0 Å². The second kappa shape index (κ2) is 8.27. The quantitative estimate of drug-likeness (QED) is 0.685. The van der Waals surface area contributed by atoms with E-state index in [4.69, 9.17) is 14.0 Å². The van der Waals surface area contributed by atoms with Gasteiger partial charge in [-0.15, -0.1) is 0 Å². The summed E-state index contributed by atoms with van der Waals surface area (Å²) in [5.41, 5.74) is 2.44. The van der Waals surface area contributed by atoms with Crippen LogP contribution < -0.4 is 10.1 Å². The van der Waals surface area contributed by atoms with E-state index in [1.807, 2.05) is 48.5 Å². The van der Waals surface area contributed by atoms with E-state index < -0.39 is 0 Å². The molecule has 0 aliphatic carbocycles. The second-order valence-electron chi connectivity index (χ2n) is 6.76. The number of ether oxygens (including phenoxy) is 2. The SMILES string of the molecule is Cc1onc(-c2ccccc2)c1C(=O)Nc1cccc(OCC2CCCO2)c1. The van der Waals surface area contributed by atoms with E-state index in [1.54, 1.807) is 13.0 Å². The van der Waals surface area contributed by atoms with Crippen LogP contribution >= 0.6 is 0 Å². The Labute approximate surface area is 163 Å². The number of nitrogens with zero attached hydrogens (tertiary/aromatic N) is 1. The monoisotopic (exact) mass is 378 g/mol. The molecule has 6 heteroatoms. The van der Waals surface area contributed by atoms with E-state index in [9.17, 15) is 4.79 Å². The molecule has 4 rings (SSSR count). The molecule has 0 saturated carbocycles. The van der Waals surface area contributed by atoms with Gasteiger partial charge in [-0.2, -0.15) is 0 Å². The molecule has 0 radical (unpaired) electrons. The molecular weight excluding hydrogens is 356 g/mol. The van der Waals surface area contributed by atoms with Crippen molar-refractivity contribution in [2.45, 2.75) is 25.9 Å². The van der Waals surface area contributed by atoms with Gasteiger partial charge in [-0.25, -0.2) is 0 Å². The predicted octanol–water partition coefficient (Wildman–Crippen LogP) is 4.46. The van der Waals surface area contributed by atoms with Gasteiger partial charge in [0.1, 0.15) is 29.4 Å². The molecule has 0 bridgehead atoms. The molecule has 6 nitrogen and oxygen atoms in total. The van der Waals surface area contributed by atoms with Gasteiger partial charge in [0.05, 0.1) is 6.10 Å². The van der Waals surface area contributed by atoms with E-state index in [0.29, 0.717) is 35.1 Å². The number of carbonyl (C=O) groups excluding carboxylic acids is 1. The van der Waals surface area contributed by atoms with Crippen LogP contribution in [0.1, 0.15) is 29.0 Å². The van der Waals surface area contributed by atoms with Gasteiger partial charge < -0.3 is 19.3 Å². The lowest BCUT2D eigenvalue weighted by molar-refractivity contribution is 0.0680. The number of aryl methyl sites for hydroxylation is 1. The Bertz CT molecular complexity index is 946. The number of carbonyl (C=O) groups is 1. The number of rotatable bonds is 6. The number of hydrogen-bond acceptors (Lipinski definition) is 5. The maximum absolute atomic E-state index is 12.9. The zero-order chi connectivity index (χ0) is 19.3. The van der Waals surface area contributed by atoms with Crippen LogP contribution in [-0.2, 0) is 4.74 Å². The van der Waals surface area contributed by atoms with E-state index in [0.717, 1.165) is 25.0 Å². The van der Waals surface area contributed by atoms with Crippen LogP contribution in [0.3, 0.4) is 0 Å². The number of nitrogens with one attached hydrogen (secondary N) is 1. The molecule has 1 N–H and O–H groups in total. The Morgan fingerprint density at radius 3 is 2.86 bits per heavy atom. The van der Waals surface area contributed by atoms with Crippen molar-refractivity contribution in [1.82, 2.24) is 5.16 Å². The summed E-state index contributed by atoms with van der Waals surface area (Å²) in [6.45, 7) is 3.04. The Morgan fingerprint density at radius 2 is 2.07 bits per heavy atom. The van der Waals surface area contributed by atoms with Crippen LogP contribution in [-0.4, -0.2) is 30.4 Å². The molecule has 1 aromatic heterocycles. The van der Waals surface area contributed by atoms with E-state index in [-0.39, 0.29) is 12.0 Å². The van der Waals surface area contributed by atoms with Crippen molar-refractivity contribution in [3.05, 3.63) is 65.9 Å². The van der Waals surface area contributed by atoms with Crippen LogP contribution in [0.4, 0.5) is 5.69 Å². The lowest BCUT2D eigenvalue weighted by atomic mass is 10.1. The van der Waals surface area contributed by atoms with Crippen molar-refractivity contribution in [1.29, 1.82) is 0 Å². The third kappa shape index (κ3) is 4.07. The highest BCUT2D eigenvalue weighted by Crippen LogP contribution is 2.27. The van der Waals surface area contributed by atoms with Gasteiger partial charge in [0, 0.05) is 23.9 Å². The highest BCUT2D eigenvalue weighted by molar-refractivity contribution is 6.08. The normalized spacial score (nSPS) is 16.1. The minimum atomic E-state index is -0.270. The fraction of sp³-hybridized carbons (Fsp3) is 0.273. The molecular formula is C22H22N2O4. The first-order valence-electron chi connectivity index (χ1n) is 9.38. The van der Waals surface area contributed by atoms with Crippen LogP contribution in [0, 0.1) is 6.92 Å². The molecule has 144 valence electrons. The van der Waals surface area contributed by atoms with Gasteiger partial charge in [0.25, 0.3) is 5.91 Å². The molecule has 1 unspecified atom stereocenters. The molecule has 2 heterocycles. The molecule has 1 saturated heterocycles. The van der Waals surface area contributed by atoms with Gasteiger partial charge in [0.2, 0.25) is 0 Å². The van der Waals surface area contributed by atoms with Crippen molar-refractivity contribution in [2.24, 2.45) is 0 Å². The smallest absolute Gasteiger partial charge is 0.261 e. The zero-order valence-corrected chi connectivity index (χ0v) is 15.7. The number of hydrogen-bond donors (Lipinski definition) is 1. The Kier molecular flexibility index (Phi) is 5.39. The molecule has 1 aliphatic heterocycles. The highest BCUT2D eigenvalue weighted by Gasteiger charge is 2.22. The van der Waals surface area contributed by atoms with E-state index in [1.165, 1.54) is 0 Å². The lowest BCUT2D eigenvalue weighted by Crippen LogP contribution is -2.16. The number of anilines is 1. The standard InChI is InChI=1S/C22H22N2O4/c1-15-20(21(24-28-15)16-7-3-2-4-8-16)22(25)23-17-9-5-10-18(13-17)27-14-19-11-6-12-26-19/h2-5,7-10,13,19H,6,11-12,14H2,1H3,(H,23,25). The summed E-state index contributed by atoms with van der Waals surface area (Å²) in [7, 11) is 0. The van der Waals surface area contributed by atoms with Gasteiger partial charge in [-0.05, 0) is 31.9 Å². The summed E-state index contributed by atoms with van der Waals surface area (Å²) in [6, 6.07) is 16.8. The summed E-state index contributed by atoms with van der Waals surface area (Å²) in [4.78, 5) is 12.9. The average Bonchev–Trinajstić information content (AvgIpc) is 3.37. The van der Waals surface area contributed by atoms with Crippen LogP contribution in [0.2, 0.25) is 0 Å². The topological polar surface area (TPSA) is 73.6 Å². The van der Waals surface area contributed by atoms with Crippen molar-refractivity contribution >= 4 is 11.6 Å². The van der Waals surface area contributed by atoms with Crippen LogP contribution in [0.5, 0.6) is 5.75 Å². The lowest BCUT2D eigenvalue weighted by Gasteiger charge is -2.12. The summed E-state index contributed by atoms with van der Waals surface area (Å²) < 4.78 is 16.7. The largest absolute Gasteiger partial charge is 0.491 e. The fourth-order valence-corrected chi connectivity index (χ4v) is 3.25. The van der Waals surface area contributed by atoms with Crippen molar-refractivity contribution in [2.75, 3.05) is 18.5 Å². The van der Waals surface area contributed by atoms with Gasteiger partial charge in [-0.3, -0.25) is 4.79 Å². The van der Waals surface area contributed by atoms with Gasteiger partial charge in [-0.1, -0.05) is 41.6 Å². The van der Waals surface area contributed by atoms with Crippen LogP contribution in [0.15, 0.2) is 59.1 Å². The van der Waals surface area contributed by atoms with Crippen LogP contribution in [0.25, 0.3) is 11.3 Å². The summed E-state index contributed by atoms with van der Waals surface area (Å²) in [5.74, 6) is 0.898. The Hall–Kier alpha value is -3.12. The average molecular weight is 378 g/mol. The second-order valence-corrected chi connectivity index (χ2v) is 6.76. The first kappa shape index (κ1) is 18.3. The molecule has 3 aromatic rings. The number of benzene rings is 2. The maximum atomic E-state index is 12.9. The third-order valence-corrected chi connectivity index (χ3v) is 4.69. The minimum absolute atomic E-state index is 0.145. The fourth-order valence-electron chi connectivity index (χ4n) is 3.25. The molecule has 2 aromatic carbocycles. The predicted molar refractivity (Wildman–Crippen MR) is 106 cm³/mol. The Morgan fingerprint density at radius 1 is 1.21 bits per heavy atom. The molecule has 1 aliphatic rings. The maximum Gasteiger partial charge on any atom is 0.261 e. The third-order valence-electron chi connectivity index (χ3n) is 4.69. The van der Waals surface area contributed by atoms with Crippen molar-refractivity contribution < 1.29 is 18.8 Å². The number of amides is 1. The zero-order valence-electron chi connectivity index (χ0n) is 15.7. The molecule has 1 amide bonds. The minimum Gasteiger partial charge on any atom is -0.491 e. The van der Waals surface area contributed by atoms with Crippen molar-refractivity contribution in [3.63, 3.8) is 0 Å².